The number of aromatic hydroxyl groups is 1. The number of hydrogen-bond acceptors (Lipinski definition) is 5. The standard InChI is InChI=1S/C14H18ClN3OS/c1-3-6-16-9(2)12-8-20-14(18-12)17-11-7-10(15)4-5-13(11)19/h4-5,7-9,16,19H,3,6H2,1-2H3,(H,17,18). The van der Waals surface area contributed by atoms with Gasteiger partial charge in [-0.15, -0.1) is 11.3 Å². The minimum Gasteiger partial charge on any atom is -0.506 e. The number of phenolic OH excluding ortho intramolecular Hbond substituents is 1. The van der Waals surface area contributed by atoms with Gasteiger partial charge in [0.2, 0.25) is 0 Å². The zero-order valence-corrected chi connectivity index (χ0v) is 13.1. The van der Waals surface area contributed by atoms with Gasteiger partial charge in [-0.25, -0.2) is 4.98 Å². The molecule has 2 aromatic rings. The Labute approximate surface area is 127 Å². The zero-order chi connectivity index (χ0) is 14.5. The van der Waals surface area contributed by atoms with Gasteiger partial charge in [0.15, 0.2) is 5.13 Å². The van der Waals surface area contributed by atoms with Crippen molar-refractivity contribution in [1.82, 2.24) is 10.3 Å². The highest BCUT2D eigenvalue weighted by molar-refractivity contribution is 7.13. The summed E-state index contributed by atoms with van der Waals surface area (Å²) in [4.78, 5) is 4.52. The van der Waals surface area contributed by atoms with Crippen LogP contribution >= 0.6 is 22.9 Å². The summed E-state index contributed by atoms with van der Waals surface area (Å²) in [6, 6.07) is 5.10. The lowest BCUT2D eigenvalue weighted by Crippen LogP contribution is -2.19. The molecule has 20 heavy (non-hydrogen) atoms. The largest absolute Gasteiger partial charge is 0.506 e. The molecule has 1 aromatic heterocycles. The first-order valence-corrected chi connectivity index (χ1v) is 7.80. The first-order chi connectivity index (χ1) is 9.60. The number of nitrogens with one attached hydrogen (secondary N) is 2. The molecule has 1 unspecified atom stereocenters. The number of nitrogens with zero attached hydrogens (tertiary/aromatic N) is 1. The zero-order valence-electron chi connectivity index (χ0n) is 11.5. The highest BCUT2D eigenvalue weighted by atomic mass is 35.5. The SMILES string of the molecule is CCCNC(C)c1csc(Nc2cc(Cl)ccc2O)n1. The molecule has 0 radical (unpaired) electrons. The monoisotopic (exact) mass is 311 g/mol. The molecule has 1 heterocycles. The van der Waals surface area contributed by atoms with Crippen molar-refractivity contribution >= 4 is 33.8 Å². The van der Waals surface area contributed by atoms with Crippen LogP contribution in [0.3, 0.4) is 0 Å². The number of phenols is 1. The molecule has 0 bridgehead atoms. The maximum absolute atomic E-state index is 9.77. The number of aromatic nitrogens is 1. The third kappa shape index (κ3) is 3.85. The van der Waals surface area contributed by atoms with E-state index in [-0.39, 0.29) is 11.8 Å². The number of rotatable bonds is 6. The summed E-state index contributed by atoms with van der Waals surface area (Å²) in [6.45, 7) is 5.19. The molecular formula is C14H18ClN3OS. The van der Waals surface area contributed by atoms with Crippen LogP contribution in [0.5, 0.6) is 5.75 Å². The average molecular weight is 312 g/mol. The maximum atomic E-state index is 9.77. The lowest BCUT2D eigenvalue weighted by molar-refractivity contribution is 0.478. The molecular weight excluding hydrogens is 294 g/mol. The second-order valence-electron chi connectivity index (χ2n) is 4.54. The minimum atomic E-state index is 0.156. The fraction of sp³-hybridized carbons (Fsp3) is 0.357. The molecule has 4 nitrogen and oxygen atoms in total. The summed E-state index contributed by atoms with van der Waals surface area (Å²) in [5.41, 5.74) is 1.56. The molecule has 0 spiro atoms. The predicted molar refractivity (Wildman–Crippen MR) is 85.2 cm³/mol. The topological polar surface area (TPSA) is 57.2 Å². The third-order valence-electron chi connectivity index (χ3n) is 2.87. The lowest BCUT2D eigenvalue weighted by Gasteiger charge is -2.10. The molecule has 3 N–H and O–H groups in total. The van der Waals surface area contributed by atoms with Gasteiger partial charge >= 0.3 is 0 Å². The van der Waals surface area contributed by atoms with Crippen molar-refractivity contribution in [3.63, 3.8) is 0 Å². The van der Waals surface area contributed by atoms with E-state index in [0.29, 0.717) is 10.7 Å². The van der Waals surface area contributed by atoms with Crippen molar-refractivity contribution in [2.75, 3.05) is 11.9 Å². The van der Waals surface area contributed by atoms with Crippen molar-refractivity contribution in [3.05, 3.63) is 34.3 Å². The molecule has 0 amide bonds. The number of hydrogen-bond donors (Lipinski definition) is 3. The van der Waals surface area contributed by atoms with Crippen molar-refractivity contribution in [2.45, 2.75) is 26.3 Å². The van der Waals surface area contributed by atoms with Gasteiger partial charge in [-0.1, -0.05) is 18.5 Å². The van der Waals surface area contributed by atoms with E-state index in [9.17, 15) is 5.11 Å². The Bertz CT molecular complexity index is 573. The summed E-state index contributed by atoms with van der Waals surface area (Å²) in [7, 11) is 0. The van der Waals surface area contributed by atoms with Crippen LogP contribution in [0, 0.1) is 0 Å². The van der Waals surface area contributed by atoms with Gasteiger partial charge in [-0.05, 0) is 38.1 Å². The van der Waals surface area contributed by atoms with E-state index in [4.69, 9.17) is 11.6 Å². The summed E-state index contributed by atoms with van der Waals surface area (Å²) in [6.07, 6.45) is 1.09. The van der Waals surface area contributed by atoms with Crippen molar-refractivity contribution in [1.29, 1.82) is 0 Å². The molecule has 6 heteroatoms. The molecule has 1 atom stereocenters. The number of anilines is 2. The summed E-state index contributed by atoms with van der Waals surface area (Å²) in [5.74, 6) is 0.156. The van der Waals surface area contributed by atoms with Crippen LogP contribution in [0.25, 0.3) is 0 Å². The Kier molecular flexibility index (Phi) is 5.23. The van der Waals surface area contributed by atoms with Gasteiger partial charge in [-0.3, -0.25) is 0 Å². The Hall–Kier alpha value is -1.30. The van der Waals surface area contributed by atoms with Crippen LogP contribution in [0.2, 0.25) is 5.02 Å². The molecule has 0 saturated carbocycles. The van der Waals surface area contributed by atoms with E-state index >= 15 is 0 Å². The summed E-state index contributed by atoms with van der Waals surface area (Å²) < 4.78 is 0. The van der Waals surface area contributed by atoms with E-state index in [2.05, 4.69) is 29.5 Å². The second kappa shape index (κ2) is 6.92. The summed E-state index contributed by atoms with van der Waals surface area (Å²) >= 11 is 7.42. The number of benzene rings is 1. The minimum absolute atomic E-state index is 0.156. The Morgan fingerprint density at radius 3 is 3.00 bits per heavy atom. The highest BCUT2D eigenvalue weighted by Crippen LogP contribution is 2.31. The number of halogens is 1. The van der Waals surface area contributed by atoms with Crippen LogP contribution in [-0.2, 0) is 0 Å². The molecule has 108 valence electrons. The van der Waals surface area contributed by atoms with E-state index in [1.807, 2.05) is 5.38 Å². The van der Waals surface area contributed by atoms with Crippen molar-refractivity contribution in [2.24, 2.45) is 0 Å². The van der Waals surface area contributed by atoms with Gasteiger partial charge in [0, 0.05) is 16.4 Å². The molecule has 1 aromatic carbocycles. The van der Waals surface area contributed by atoms with E-state index in [1.165, 1.54) is 11.3 Å². The molecule has 0 fully saturated rings. The second-order valence-corrected chi connectivity index (χ2v) is 5.83. The molecule has 0 aliphatic heterocycles. The lowest BCUT2D eigenvalue weighted by atomic mass is 10.2. The molecule has 2 rings (SSSR count). The number of thiazole rings is 1. The fourth-order valence-electron chi connectivity index (χ4n) is 1.73. The van der Waals surface area contributed by atoms with Gasteiger partial charge in [0.25, 0.3) is 0 Å². The molecule has 0 saturated heterocycles. The van der Waals surface area contributed by atoms with Gasteiger partial charge < -0.3 is 15.7 Å². The van der Waals surface area contributed by atoms with Crippen LogP contribution in [0.15, 0.2) is 23.6 Å². The van der Waals surface area contributed by atoms with E-state index in [0.717, 1.165) is 23.8 Å². The molecule has 0 aliphatic carbocycles. The summed E-state index contributed by atoms with van der Waals surface area (Å²) in [5, 5.41) is 19.6. The van der Waals surface area contributed by atoms with Crippen LogP contribution in [0.4, 0.5) is 10.8 Å². The first-order valence-electron chi connectivity index (χ1n) is 6.54. The molecule has 0 aliphatic rings. The van der Waals surface area contributed by atoms with Gasteiger partial charge in [0.05, 0.1) is 11.4 Å². The normalized spacial score (nSPS) is 12.3. The third-order valence-corrected chi connectivity index (χ3v) is 3.88. The Balaban J connectivity index is 2.07. The smallest absolute Gasteiger partial charge is 0.187 e. The fourth-order valence-corrected chi connectivity index (χ4v) is 2.72. The predicted octanol–water partition coefficient (Wildman–Crippen LogP) is 4.31. The highest BCUT2D eigenvalue weighted by Gasteiger charge is 2.10. The van der Waals surface area contributed by atoms with E-state index < -0.39 is 0 Å². The van der Waals surface area contributed by atoms with Crippen LogP contribution < -0.4 is 10.6 Å². The van der Waals surface area contributed by atoms with Crippen LogP contribution in [-0.4, -0.2) is 16.6 Å². The average Bonchev–Trinajstić information content (AvgIpc) is 2.89. The van der Waals surface area contributed by atoms with Gasteiger partial charge in [-0.2, -0.15) is 0 Å². The van der Waals surface area contributed by atoms with Crippen molar-refractivity contribution in [3.8, 4) is 5.75 Å². The quantitative estimate of drug-likeness (QED) is 0.696. The van der Waals surface area contributed by atoms with Crippen LogP contribution in [0.1, 0.15) is 32.0 Å². The van der Waals surface area contributed by atoms with E-state index in [1.54, 1.807) is 18.2 Å². The first kappa shape index (κ1) is 15.1. The Morgan fingerprint density at radius 1 is 1.45 bits per heavy atom. The Morgan fingerprint density at radius 2 is 2.25 bits per heavy atom. The van der Waals surface area contributed by atoms with Crippen molar-refractivity contribution < 1.29 is 5.11 Å². The maximum Gasteiger partial charge on any atom is 0.187 e. The van der Waals surface area contributed by atoms with Gasteiger partial charge in [0.1, 0.15) is 5.75 Å².